The van der Waals surface area contributed by atoms with Crippen molar-refractivity contribution in [1.82, 2.24) is 19.7 Å². The number of carbonyl (C=O) groups excluding carboxylic acids is 1. The Morgan fingerprint density at radius 1 is 1.31 bits per heavy atom. The fraction of sp³-hybridized carbons (Fsp3) is 0.158. The molecule has 132 valence electrons. The standard InChI is InChI=1S/C19H17FN4OS/c1-3-11-24-18(15-5-4-10-21-12-15)22-23-19(24)26-13(2)17(25)14-6-8-16(20)9-7-14/h3-10,12-13H,1,11H2,2H3. The van der Waals surface area contributed by atoms with Crippen molar-refractivity contribution in [3.8, 4) is 11.4 Å². The Labute approximate surface area is 155 Å². The zero-order chi connectivity index (χ0) is 18.5. The van der Waals surface area contributed by atoms with Gasteiger partial charge in [0.1, 0.15) is 5.82 Å². The SMILES string of the molecule is C=CCn1c(SC(C)C(=O)c2ccc(F)cc2)nnc1-c1cccnc1. The maximum atomic E-state index is 13.0. The van der Waals surface area contributed by atoms with Crippen LogP contribution < -0.4 is 0 Å². The van der Waals surface area contributed by atoms with Crippen LogP contribution in [0.1, 0.15) is 17.3 Å². The summed E-state index contributed by atoms with van der Waals surface area (Å²) in [6.45, 7) is 6.09. The molecule has 5 nitrogen and oxygen atoms in total. The number of ketones is 1. The van der Waals surface area contributed by atoms with Crippen molar-refractivity contribution in [1.29, 1.82) is 0 Å². The van der Waals surface area contributed by atoms with Gasteiger partial charge < -0.3 is 0 Å². The van der Waals surface area contributed by atoms with Crippen LogP contribution in [0.3, 0.4) is 0 Å². The fourth-order valence-electron chi connectivity index (χ4n) is 2.44. The molecule has 0 amide bonds. The third kappa shape index (κ3) is 3.88. The van der Waals surface area contributed by atoms with Crippen molar-refractivity contribution in [3.05, 3.63) is 72.8 Å². The normalized spacial score (nSPS) is 11.9. The molecule has 0 radical (unpaired) electrons. The summed E-state index contributed by atoms with van der Waals surface area (Å²) in [6.07, 6.45) is 5.15. The monoisotopic (exact) mass is 368 g/mol. The van der Waals surface area contributed by atoms with Crippen LogP contribution >= 0.6 is 11.8 Å². The largest absolute Gasteiger partial charge is 0.298 e. The van der Waals surface area contributed by atoms with E-state index in [-0.39, 0.29) is 11.6 Å². The summed E-state index contributed by atoms with van der Waals surface area (Å²) in [7, 11) is 0. The van der Waals surface area contributed by atoms with Gasteiger partial charge in [0.15, 0.2) is 16.8 Å². The van der Waals surface area contributed by atoms with Crippen molar-refractivity contribution in [2.24, 2.45) is 0 Å². The molecule has 1 atom stereocenters. The maximum Gasteiger partial charge on any atom is 0.192 e. The number of hydrogen-bond acceptors (Lipinski definition) is 5. The highest BCUT2D eigenvalue weighted by Crippen LogP contribution is 2.28. The molecule has 7 heteroatoms. The first kappa shape index (κ1) is 18.0. The molecule has 0 aliphatic carbocycles. The van der Waals surface area contributed by atoms with Crippen molar-refractivity contribution in [2.75, 3.05) is 0 Å². The zero-order valence-electron chi connectivity index (χ0n) is 14.2. The van der Waals surface area contributed by atoms with Crippen LogP contribution in [0.2, 0.25) is 0 Å². The Hall–Kier alpha value is -2.80. The first-order valence-corrected chi connectivity index (χ1v) is 8.89. The predicted molar refractivity (Wildman–Crippen MR) is 99.5 cm³/mol. The second kappa shape index (κ2) is 8.05. The minimum absolute atomic E-state index is 0.0916. The number of pyridine rings is 1. The molecular formula is C19H17FN4OS. The Kier molecular flexibility index (Phi) is 5.58. The van der Waals surface area contributed by atoms with Crippen LogP contribution in [0, 0.1) is 5.82 Å². The van der Waals surface area contributed by atoms with Gasteiger partial charge in [0.25, 0.3) is 0 Å². The van der Waals surface area contributed by atoms with E-state index in [2.05, 4.69) is 21.8 Å². The summed E-state index contributed by atoms with van der Waals surface area (Å²) in [5.41, 5.74) is 1.31. The molecule has 0 fully saturated rings. The fourth-order valence-corrected chi connectivity index (χ4v) is 3.37. The summed E-state index contributed by atoms with van der Waals surface area (Å²) in [4.78, 5) is 16.7. The number of nitrogens with zero attached hydrogens (tertiary/aromatic N) is 4. The van der Waals surface area contributed by atoms with E-state index < -0.39 is 5.25 Å². The lowest BCUT2D eigenvalue weighted by molar-refractivity contribution is 0.0994. The van der Waals surface area contributed by atoms with E-state index in [0.717, 1.165) is 5.56 Å². The van der Waals surface area contributed by atoms with Gasteiger partial charge in [0.05, 0.1) is 5.25 Å². The lowest BCUT2D eigenvalue weighted by atomic mass is 10.1. The summed E-state index contributed by atoms with van der Waals surface area (Å²) < 4.78 is 14.9. The van der Waals surface area contributed by atoms with E-state index in [0.29, 0.717) is 23.1 Å². The predicted octanol–water partition coefficient (Wildman–Crippen LogP) is 4.03. The molecule has 1 aromatic carbocycles. The minimum Gasteiger partial charge on any atom is -0.298 e. The number of aromatic nitrogens is 4. The van der Waals surface area contributed by atoms with E-state index in [1.54, 1.807) is 25.4 Å². The number of benzene rings is 1. The second-order valence-corrected chi connectivity index (χ2v) is 6.89. The van der Waals surface area contributed by atoms with Gasteiger partial charge in [-0.3, -0.25) is 14.3 Å². The molecule has 0 aliphatic heterocycles. The molecule has 0 aliphatic rings. The summed E-state index contributed by atoms with van der Waals surface area (Å²) >= 11 is 1.31. The highest BCUT2D eigenvalue weighted by Gasteiger charge is 2.21. The number of Topliss-reactive ketones (excluding diaryl/α,β-unsaturated/α-hetero) is 1. The first-order valence-electron chi connectivity index (χ1n) is 8.01. The second-order valence-electron chi connectivity index (χ2n) is 5.58. The number of thioether (sulfide) groups is 1. The van der Waals surface area contributed by atoms with E-state index in [9.17, 15) is 9.18 Å². The van der Waals surface area contributed by atoms with Crippen LogP contribution in [-0.2, 0) is 6.54 Å². The lowest BCUT2D eigenvalue weighted by Gasteiger charge is -2.12. The van der Waals surface area contributed by atoms with E-state index in [1.165, 1.54) is 36.0 Å². The van der Waals surface area contributed by atoms with E-state index >= 15 is 0 Å². The van der Waals surface area contributed by atoms with Crippen molar-refractivity contribution in [2.45, 2.75) is 23.9 Å². The van der Waals surface area contributed by atoms with Gasteiger partial charge in [-0.15, -0.1) is 16.8 Å². The molecule has 26 heavy (non-hydrogen) atoms. The molecule has 0 N–H and O–H groups in total. The molecular weight excluding hydrogens is 351 g/mol. The molecule has 0 saturated carbocycles. The number of hydrogen-bond donors (Lipinski definition) is 0. The molecule has 0 bridgehead atoms. The molecule has 0 saturated heterocycles. The molecule has 0 spiro atoms. The van der Waals surface area contributed by atoms with Crippen molar-refractivity contribution in [3.63, 3.8) is 0 Å². The zero-order valence-corrected chi connectivity index (χ0v) is 15.0. The smallest absolute Gasteiger partial charge is 0.192 e. The molecule has 3 rings (SSSR count). The number of allylic oxidation sites excluding steroid dienone is 1. The number of carbonyl (C=O) groups is 1. The highest BCUT2D eigenvalue weighted by atomic mass is 32.2. The minimum atomic E-state index is -0.394. The average molecular weight is 368 g/mol. The Balaban J connectivity index is 1.85. The van der Waals surface area contributed by atoms with Crippen LogP contribution in [0.15, 0.2) is 66.6 Å². The van der Waals surface area contributed by atoms with Gasteiger partial charge in [-0.2, -0.15) is 0 Å². The highest BCUT2D eigenvalue weighted by molar-refractivity contribution is 8.00. The third-order valence-corrected chi connectivity index (χ3v) is 4.81. The van der Waals surface area contributed by atoms with Gasteiger partial charge >= 0.3 is 0 Å². The Morgan fingerprint density at radius 3 is 2.73 bits per heavy atom. The molecule has 3 aromatic rings. The van der Waals surface area contributed by atoms with Crippen LogP contribution in [0.4, 0.5) is 4.39 Å². The number of halogens is 1. The summed E-state index contributed by atoms with van der Waals surface area (Å²) in [6, 6.07) is 9.28. The topological polar surface area (TPSA) is 60.7 Å². The van der Waals surface area contributed by atoms with Crippen LogP contribution in [0.25, 0.3) is 11.4 Å². The van der Waals surface area contributed by atoms with Gasteiger partial charge in [0.2, 0.25) is 0 Å². The lowest BCUT2D eigenvalue weighted by Crippen LogP contribution is -2.15. The first-order chi connectivity index (χ1) is 12.6. The number of rotatable bonds is 7. The van der Waals surface area contributed by atoms with Crippen LogP contribution in [0.5, 0.6) is 0 Å². The third-order valence-electron chi connectivity index (χ3n) is 3.73. The van der Waals surface area contributed by atoms with Gasteiger partial charge in [-0.25, -0.2) is 4.39 Å². The van der Waals surface area contributed by atoms with E-state index in [4.69, 9.17) is 0 Å². The quantitative estimate of drug-likeness (QED) is 0.358. The Bertz CT molecular complexity index is 909. The van der Waals surface area contributed by atoms with Gasteiger partial charge in [-0.1, -0.05) is 17.8 Å². The van der Waals surface area contributed by atoms with Crippen molar-refractivity contribution < 1.29 is 9.18 Å². The van der Waals surface area contributed by atoms with E-state index in [1.807, 2.05) is 16.7 Å². The maximum absolute atomic E-state index is 13.0. The Morgan fingerprint density at radius 2 is 2.08 bits per heavy atom. The molecule has 2 aromatic heterocycles. The van der Waals surface area contributed by atoms with Crippen LogP contribution in [-0.4, -0.2) is 30.8 Å². The average Bonchev–Trinajstić information content (AvgIpc) is 3.05. The summed E-state index contributed by atoms with van der Waals surface area (Å²) in [5.74, 6) is 0.210. The van der Waals surface area contributed by atoms with Crippen molar-refractivity contribution >= 4 is 17.5 Å². The van der Waals surface area contributed by atoms with Gasteiger partial charge in [0, 0.05) is 30.1 Å². The molecule has 1 unspecified atom stereocenters. The van der Waals surface area contributed by atoms with Gasteiger partial charge in [-0.05, 0) is 43.3 Å². The molecule has 2 heterocycles. The summed E-state index contributed by atoms with van der Waals surface area (Å²) in [5, 5.41) is 8.70.